The first-order chi connectivity index (χ1) is 14.8. The molecule has 0 aliphatic heterocycles. The molecule has 0 radical (unpaired) electrons. The lowest BCUT2D eigenvalue weighted by atomic mass is 10.2. The molecule has 31 heavy (non-hydrogen) atoms. The minimum absolute atomic E-state index is 0.102. The van der Waals surface area contributed by atoms with E-state index in [-0.39, 0.29) is 12.5 Å². The second-order valence-electron chi connectivity index (χ2n) is 7.57. The van der Waals surface area contributed by atoms with E-state index in [0.29, 0.717) is 5.75 Å². The van der Waals surface area contributed by atoms with Crippen molar-refractivity contribution >= 4 is 40.4 Å². The summed E-state index contributed by atoms with van der Waals surface area (Å²) in [7, 11) is 3.91. The number of ether oxygens (including phenoxy) is 1. The van der Waals surface area contributed by atoms with Gasteiger partial charge in [0.2, 0.25) is 0 Å². The number of aryl methyl sites for hydroxylation is 2. The number of nitrogens with one attached hydrogen (secondary N) is 1. The first-order valence-electron chi connectivity index (χ1n) is 9.94. The molecule has 1 aromatic heterocycles. The summed E-state index contributed by atoms with van der Waals surface area (Å²) in [6.45, 7) is 6.11. The number of carbonyl (C=O) groups excluding carboxylic acids is 1. The van der Waals surface area contributed by atoms with Crippen LogP contribution in [0.1, 0.15) is 22.5 Å². The van der Waals surface area contributed by atoms with Crippen LogP contribution in [0.2, 0.25) is 0 Å². The zero-order chi connectivity index (χ0) is 22.5. The normalized spacial score (nSPS) is 11.0. The number of hydrogen-bond donors (Lipinski definition) is 1. The first kappa shape index (κ1) is 22.9. The maximum absolute atomic E-state index is 12.1. The lowest BCUT2D eigenvalue weighted by Crippen LogP contribution is -2.24. The lowest BCUT2D eigenvalue weighted by Gasteiger charge is -2.13. The van der Waals surface area contributed by atoms with Crippen molar-refractivity contribution in [1.82, 2.24) is 9.99 Å². The smallest absolute Gasteiger partial charge is 0.277 e. The number of nitrogens with zero attached hydrogens (tertiary/aromatic N) is 3. The van der Waals surface area contributed by atoms with E-state index < -0.39 is 0 Å². The van der Waals surface area contributed by atoms with Crippen LogP contribution in [0, 0.1) is 24.3 Å². The van der Waals surface area contributed by atoms with Crippen LogP contribution in [0.5, 0.6) is 5.75 Å². The first-order valence-corrected chi connectivity index (χ1v) is 11.0. The topological polar surface area (TPSA) is 58.9 Å². The van der Waals surface area contributed by atoms with Crippen molar-refractivity contribution in [2.24, 2.45) is 5.10 Å². The number of carbonyl (C=O) groups is 1. The van der Waals surface area contributed by atoms with Gasteiger partial charge in [0.15, 0.2) is 6.61 Å². The molecule has 162 valence electrons. The molecule has 3 rings (SSSR count). The van der Waals surface area contributed by atoms with E-state index in [2.05, 4.69) is 75.8 Å². The van der Waals surface area contributed by atoms with Crippen molar-refractivity contribution in [3.8, 4) is 11.4 Å². The Labute approximate surface area is 197 Å². The quantitative estimate of drug-likeness (QED) is 0.276. The molecule has 0 unspecified atom stereocenters. The van der Waals surface area contributed by atoms with E-state index in [1.807, 2.05) is 50.2 Å². The SMILES string of the molecule is Cc1cc(-n2c(C)cc(/C=N/NC(=O)COc3cccc(N(C)C)c3)c2C)ccc1I. The second-order valence-corrected chi connectivity index (χ2v) is 8.73. The summed E-state index contributed by atoms with van der Waals surface area (Å²) < 4.78 is 9.00. The van der Waals surface area contributed by atoms with Crippen LogP contribution in [0.3, 0.4) is 0 Å². The molecule has 0 spiro atoms. The Kier molecular flexibility index (Phi) is 7.37. The minimum Gasteiger partial charge on any atom is -0.484 e. The highest BCUT2D eigenvalue weighted by molar-refractivity contribution is 14.1. The molecule has 2 aromatic carbocycles. The predicted octanol–water partition coefficient (Wildman–Crippen LogP) is 4.60. The van der Waals surface area contributed by atoms with Gasteiger partial charge in [-0.15, -0.1) is 0 Å². The van der Waals surface area contributed by atoms with Crippen LogP contribution in [0.15, 0.2) is 53.6 Å². The standard InChI is InChI=1S/C24H27IN4O2/c1-16-11-21(9-10-23(16)25)29-17(2)12-19(18(29)3)14-26-27-24(30)15-31-22-8-6-7-20(13-22)28(4)5/h6-14H,15H2,1-5H3,(H,27,30)/b26-14+. The molecular formula is C24H27IN4O2. The average Bonchev–Trinajstić information content (AvgIpc) is 3.02. The van der Waals surface area contributed by atoms with Gasteiger partial charge in [-0.25, -0.2) is 5.43 Å². The van der Waals surface area contributed by atoms with Crippen molar-refractivity contribution < 1.29 is 9.53 Å². The number of anilines is 1. The van der Waals surface area contributed by atoms with Crippen LogP contribution in [0.25, 0.3) is 5.69 Å². The Hall–Kier alpha value is -2.81. The van der Waals surface area contributed by atoms with E-state index >= 15 is 0 Å². The third-order valence-electron chi connectivity index (χ3n) is 4.97. The van der Waals surface area contributed by atoms with Crippen LogP contribution < -0.4 is 15.1 Å². The maximum atomic E-state index is 12.1. The van der Waals surface area contributed by atoms with Gasteiger partial charge in [0.05, 0.1) is 6.21 Å². The second kappa shape index (κ2) is 10.00. The molecular weight excluding hydrogens is 503 g/mol. The van der Waals surface area contributed by atoms with E-state index in [9.17, 15) is 4.79 Å². The third-order valence-corrected chi connectivity index (χ3v) is 6.18. The zero-order valence-electron chi connectivity index (χ0n) is 18.4. The summed E-state index contributed by atoms with van der Waals surface area (Å²) >= 11 is 2.34. The number of hydrazone groups is 1. The van der Waals surface area contributed by atoms with E-state index in [0.717, 1.165) is 28.3 Å². The highest BCUT2D eigenvalue weighted by atomic mass is 127. The molecule has 0 aliphatic carbocycles. The summed E-state index contributed by atoms with van der Waals surface area (Å²) in [5.41, 5.74) is 9.02. The molecule has 0 saturated heterocycles. The van der Waals surface area contributed by atoms with Gasteiger partial charge in [0.1, 0.15) is 5.75 Å². The third kappa shape index (κ3) is 5.66. The minimum atomic E-state index is -0.312. The van der Waals surface area contributed by atoms with Crippen LogP contribution >= 0.6 is 22.6 Å². The number of rotatable bonds is 7. The Balaban J connectivity index is 1.62. The number of benzene rings is 2. The summed E-state index contributed by atoms with van der Waals surface area (Å²) in [4.78, 5) is 14.1. The summed E-state index contributed by atoms with van der Waals surface area (Å²) in [5.74, 6) is 0.329. The van der Waals surface area contributed by atoms with Gasteiger partial charge >= 0.3 is 0 Å². The fourth-order valence-electron chi connectivity index (χ4n) is 3.29. The van der Waals surface area contributed by atoms with Crippen molar-refractivity contribution in [3.05, 3.63) is 74.6 Å². The predicted molar refractivity (Wildman–Crippen MR) is 135 cm³/mol. The number of amides is 1. The monoisotopic (exact) mass is 530 g/mol. The number of hydrogen-bond acceptors (Lipinski definition) is 4. The Morgan fingerprint density at radius 1 is 1.16 bits per heavy atom. The lowest BCUT2D eigenvalue weighted by molar-refractivity contribution is -0.123. The highest BCUT2D eigenvalue weighted by Crippen LogP contribution is 2.23. The average molecular weight is 530 g/mol. The fraction of sp³-hybridized carbons (Fsp3) is 0.250. The largest absolute Gasteiger partial charge is 0.484 e. The molecule has 1 heterocycles. The molecule has 0 aliphatic rings. The Morgan fingerprint density at radius 2 is 1.94 bits per heavy atom. The molecule has 1 amide bonds. The Bertz CT molecular complexity index is 1120. The molecule has 0 saturated carbocycles. The zero-order valence-corrected chi connectivity index (χ0v) is 20.6. The summed E-state index contributed by atoms with van der Waals surface area (Å²) in [5, 5.41) is 4.11. The molecule has 1 N–H and O–H groups in total. The van der Waals surface area contributed by atoms with Crippen molar-refractivity contribution in [1.29, 1.82) is 0 Å². The Morgan fingerprint density at radius 3 is 2.65 bits per heavy atom. The van der Waals surface area contributed by atoms with Gasteiger partial charge in [0.25, 0.3) is 5.91 Å². The molecule has 0 atom stereocenters. The van der Waals surface area contributed by atoms with Gasteiger partial charge in [0, 0.05) is 52.1 Å². The molecule has 0 bridgehead atoms. The van der Waals surface area contributed by atoms with Crippen LogP contribution in [0.4, 0.5) is 5.69 Å². The van der Waals surface area contributed by atoms with E-state index in [4.69, 9.17) is 4.74 Å². The van der Waals surface area contributed by atoms with Crippen molar-refractivity contribution in [2.75, 3.05) is 25.6 Å². The highest BCUT2D eigenvalue weighted by Gasteiger charge is 2.10. The van der Waals surface area contributed by atoms with Crippen molar-refractivity contribution in [2.45, 2.75) is 20.8 Å². The fourth-order valence-corrected chi connectivity index (χ4v) is 3.63. The molecule has 7 heteroatoms. The van der Waals surface area contributed by atoms with Gasteiger partial charge < -0.3 is 14.2 Å². The van der Waals surface area contributed by atoms with Crippen LogP contribution in [-0.4, -0.2) is 37.4 Å². The molecule has 3 aromatic rings. The van der Waals surface area contributed by atoms with Gasteiger partial charge in [-0.3, -0.25) is 4.79 Å². The summed E-state index contributed by atoms with van der Waals surface area (Å²) in [6.07, 6.45) is 1.67. The molecule has 6 nitrogen and oxygen atoms in total. The maximum Gasteiger partial charge on any atom is 0.277 e. The van der Waals surface area contributed by atoms with Gasteiger partial charge in [-0.05, 0) is 85.3 Å². The summed E-state index contributed by atoms with van der Waals surface area (Å²) in [6, 6.07) is 16.0. The number of aromatic nitrogens is 1. The van der Waals surface area contributed by atoms with Crippen LogP contribution in [-0.2, 0) is 4.79 Å². The van der Waals surface area contributed by atoms with Gasteiger partial charge in [-0.1, -0.05) is 6.07 Å². The van der Waals surface area contributed by atoms with E-state index in [1.54, 1.807) is 6.21 Å². The number of halogens is 1. The molecule has 0 fully saturated rings. The van der Waals surface area contributed by atoms with Gasteiger partial charge in [-0.2, -0.15) is 5.10 Å². The van der Waals surface area contributed by atoms with E-state index in [1.165, 1.54) is 9.13 Å². The van der Waals surface area contributed by atoms with Crippen molar-refractivity contribution in [3.63, 3.8) is 0 Å².